The maximum Gasteiger partial charge on any atom is 0.164 e. The summed E-state index contributed by atoms with van der Waals surface area (Å²) >= 11 is 0. The second-order valence-corrected chi connectivity index (χ2v) is 17.5. The highest BCUT2D eigenvalue weighted by Crippen LogP contribution is 2.50. The van der Waals surface area contributed by atoms with Crippen LogP contribution < -0.4 is 0 Å². The van der Waals surface area contributed by atoms with E-state index in [-0.39, 0.29) is 12.0 Å². The van der Waals surface area contributed by atoms with E-state index in [4.69, 9.17) is 19.4 Å². The Morgan fingerprint density at radius 3 is 1.53 bits per heavy atom. The van der Waals surface area contributed by atoms with E-state index < -0.39 is 0 Å². The van der Waals surface area contributed by atoms with Crippen LogP contribution in [0.1, 0.15) is 28.9 Å². The summed E-state index contributed by atoms with van der Waals surface area (Å²) in [4.78, 5) is 16.0. The van der Waals surface area contributed by atoms with Crippen molar-refractivity contribution in [3.05, 3.63) is 260 Å². The van der Waals surface area contributed by atoms with Gasteiger partial charge in [0.15, 0.2) is 17.5 Å². The predicted octanol–water partition coefficient (Wildman–Crippen LogP) is 16.1. The molecule has 9 aromatic carbocycles. The smallest absolute Gasteiger partial charge is 0.164 e. The lowest BCUT2D eigenvalue weighted by Crippen LogP contribution is -2.22. The van der Waals surface area contributed by atoms with Gasteiger partial charge in [0, 0.05) is 55.2 Å². The number of benzene rings is 9. The van der Waals surface area contributed by atoms with E-state index in [1.54, 1.807) is 0 Å². The fourth-order valence-electron chi connectivity index (χ4n) is 10.3. The highest BCUT2D eigenvalue weighted by molar-refractivity contribution is 6.13. The Hall–Kier alpha value is -8.93. The van der Waals surface area contributed by atoms with Crippen LogP contribution in [0.3, 0.4) is 0 Å². The summed E-state index contributed by atoms with van der Waals surface area (Å²) in [5, 5.41) is 4.43. The van der Waals surface area contributed by atoms with Gasteiger partial charge in [-0.25, -0.2) is 15.0 Å². The summed E-state index contributed by atoms with van der Waals surface area (Å²) in [6.45, 7) is 0. The van der Waals surface area contributed by atoms with Crippen molar-refractivity contribution in [1.82, 2.24) is 19.5 Å². The number of hydrogen-bond acceptors (Lipinski definition) is 4. The molecule has 0 aliphatic heterocycles. The minimum Gasteiger partial charge on any atom is -0.456 e. The van der Waals surface area contributed by atoms with Crippen LogP contribution in [0.2, 0.25) is 0 Å². The van der Waals surface area contributed by atoms with Crippen molar-refractivity contribution in [2.45, 2.75) is 12.0 Å². The highest BCUT2D eigenvalue weighted by Gasteiger charge is 2.35. The van der Waals surface area contributed by atoms with Crippen LogP contribution in [-0.4, -0.2) is 19.5 Å². The Bertz CT molecular complexity index is 3800. The van der Waals surface area contributed by atoms with Gasteiger partial charge in [-0.05, 0) is 81.4 Å². The van der Waals surface area contributed by atoms with Crippen LogP contribution in [0.15, 0.2) is 247 Å². The van der Waals surface area contributed by atoms with Gasteiger partial charge in [0.1, 0.15) is 11.2 Å². The van der Waals surface area contributed by atoms with E-state index in [1.165, 1.54) is 55.2 Å². The second-order valence-electron chi connectivity index (χ2n) is 17.5. The van der Waals surface area contributed by atoms with Gasteiger partial charge in [-0.15, -0.1) is 0 Å². The van der Waals surface area contributed by atoms with Gasteiger partial charge < -0.3 is 8.98 Å². The molecule has 0 amide bonds. The van der Waals surface area contributed by atoms with Gasteiger partial charge in [-0.3, -0.25) is 0 Å². The Labute approximate surface area is 393 Å². The number of furan rings is 1. The minimum atomic E-state index is -0.158. The third-order valence-electron chi connectivity index (χ3n) is 13.5. The molecule has 3 heterocycles. The fourth-order valence-corrected chi connectivity index (χ4v) is 10.3. The maximum atomic E-state index is 6.37. The lowest BCUT2D eigenvalue weighted by Gasteiger charge is -2.34. The number of hydrogen-bond donors (Lipinski definition) is 0. The van der Waals surface area contributed by atoms with Crippen LogP contribution in [0, 0.1) is 0 Å². The molecule has 1 aliphatic rings. The summed E-state index contributed by atoms with van der Waals surface area (Å²) in [5.74, 6) is 1.67. The molecule has 5 heteroatoms. The number of allylic oxidation sites excluding steroid dienone is 4. The van der Waals surface area contributed by atoms with Crippen LogP contribution in [0.4, 0.5) is 0 Å². The number of para-hydroxylation sites is 1. The van der Waals surface area contributed by atoms with Gasteiger partial charge in [0.2, 0.25) is 0 Å². The van der Waals surface area contributed by atoms with Gasteiger partial charge in [0.05, 0.1) is 6.04 Å². The van der Waals surface area contributed by atoms with Crippen LogP contribution in [0.25, 0.3) is 99.9 Å². The van der Waals surface area contributed by atoms with E-state index in [2.05, 4.69) is 199 Å². The molecule has 3 aromatic heterocycles. The van der Waals surface area contributed by atoms with E-state index in [0.29, 0.717) is 17.5 Å². The molecule has 0 spiro atoms. The average molecular weight is 871 g/mol. The molecule has 12 aromatic rings. The first-order valence-corrected chi connectivity index (χ1v) is 23.2. The zero-order valence-electron chi connectivity index (χ0n) is 36.9. The van der Waals surface area contributed by atoms with Crippen LogP contribution >= 0.6 is 0 Å². The zero-order chi connectivity index (χ0) is 45.0. The molecule has 1 aliphatic carbocycles. The van der Waals surface area contributed by atoms with E-state index in [9.17, 15) is 0 Å². The molecule has 5 nitrogen and oxygen atoms in total. The molecule has 13 rings (SSSR count). The standard InChI is InChI=1S/C63H42N4O/c1-6-19-41(20-7-1)46-33-35-55-53(37-46)54-38-47(42-21-8-2-9-22-42)34-36-56(54)67(55)60-51(43-23-10-3-11-24-43)39-48(40-52(60)44-25-12-4-13-26-44)62-64-61(45-27-14-5-15-28-45)65-63(66-62)50-30-18-32-58-59(50)49-29-16-17-31-57(49)68-58/h1-40,51,60H. The molecular formula is C63H42N4O. The Kier molecular flexibility index (Phi) is 9.57. The summed E-state index contributed by atoms with van der Waals surface area (Å²) in [6.07, 6.45) is 4.72. The third kappa shape index (κ3) is 6.83. The van der Waals surface area contributed by atoms with Crippen LogP contribution in [0.5, 0.6) is 0 Å². The molecule has 68 heavy (non-hydrogen) atoms. The number of aromatic nitrogens is 4. The molecule has 2 atom stereocenters. The topological polar surface area (TPSA) is 56.7 Å². The lowest BCUT2D eigenvalue weighted by atomic mass is 9.78. The molecule has 2 unspecified atom stereocenters. The number of fused-ring (bicyclic) bond motifs is 6. The first-order chi connectivity index (χ1) is 33.7. The maximum absolute atomic E-state index is 6.37. The fraction of sp³-hybridized carbons (Fsp3) is 0.0317. The van der Waals surface area contributed by atoms with Crippen molar-refractivity contribution in [3.8, 4) is 45.0 Å². The highest BCUT2D eigenvalue weighted by atomic mass is 16.3. The first kappa shape index (κ1) is 39.4. The summed E-state index contributed by atoms with van der Waals surface area (Å²) < 4.78 is 8.97. The van der Waals surface area contributed by atoms with Gasteiger partial charge >= 0.3 is 0 Å². The van der Waals surface area contributed by atoms with Crippen molar-refractivity contribution in [2.24, 2.45) is 0 Å². The van der Waals surface area contributed by atoms with E-state index in [0.717, 1.165) is 44.2 Å². The van der Waals surface area contributed by atoms with Crippen molar-refractivity contribution < 1.29 is 4.42 Å². The minimum absolute atomic E-state index is 0.130. The predicted molar refractivity (Wildman–Crippen MR) is 279 cm³/mol. The van der Waals surface area contributed by atoms with Gasteiger partial charge in [-0.2, -0.15) is 0 Å². The molecule has 0 saturated carbocycles. The summed E-state index contributed by atoms with van der Waals surface area (Å²) in [7, 11) is 0. The van der Waals surface area contributed by atoms with E-state index >= 15 is 0 Å². The monoisotopic (exact) mass is 870 g/mol. The lowest BCUT2D eigenvalue weighted by molar-refractivity contribution is 0.593. The van der Waals surface area contributed by atoms with Crippen molar-refractivity contribution in [1.29, 1.82) is 0 Å². The summed E-state index contributed by atoms with van der Waals surface area (Å²) in [5.41, 5.74) is 14.9. The molecule has 0 bridgehead atoms. The Morgan fingerprint density at radius 1 is 0.382 bits per heavy atom. The first-order valence-electron chi connectivity index (χ1n) is 23.2. The normalized spacial score (nSPS) is 14.9. The van der Waals surface area contributed by atoms with Gasteiger partial charge in [0.25, 0.3) is 0 Å². The van der Waals surface area contributed by atoms with Crippen LogP contribution in [-0.2, 0) is 0 Å². The SMILES string of the molecule is C1=C(c2nc(-c3ccccc3)nc(-c3cccc4oc5ccccc5c34)n2)C=C(c2ccccc2)C(n2c3ccc(-c4ccccc4)cc3c3cc(-c4ccccc4)ccc32)C1c1ccccc1. The van der Waals surface area contributed by atoms with Crippen molar-refractivity contribution in [2.75, 3.05) is 0 Å². The zero-order valence-corrected chi connectivity index (χ0v) is 36.9. The summed E-state index contributed by atoms with van der Waals surface area (Å²) in [6, 6.07) is 81.4. The molecule has 0 N–H and O–H groups in total. The molecule has 0 fully saturated rings. The number of rotatable bonds is 8. The third-order valence-corrected chi connectivity index (χ3v) is 13.5. The van der Waals surface area contributed by atoms with E-state index in [1.807, 2.05) is 48.5 Å². The van der Waals surface area contributed by atoms with Crippen molar-refractivity contribution in [3.63, 3.8) is 0 Å². The van der Waals surface area contributed by atoms with Crippen molar-refractivity contribution >= 4 is 54.9 Å². The average Bonchev–Trinajstić information content (AvgIpc) is 3.97. The molecule has 320 valence electrons. The Balaban J connectivity index is 1.07. The quantitative estimate of drug-likeness (QED) is 0.153. The number of nitrogens with zero attached hydrogens (tertiary/aromatic N) is 4. The second kappa shape index (κ2) is 16.5. The molecule has 0 saturated heterocycles. The molecular weight excluding hydrogens is 829 g/mol. The van der Waals surface area contributed by atoms with Gasteiger partial charge in [-0.1, -0.05) is 200 Å². The Morgan fingerprint density at radius 2 is 0.897 bits per heavy atom. The molecule has 0 radical (unpaired) electrons. The largest absolute Gasteiger partial charge is 0.456 e.